The predicted molar refractivity (Wildman–Crippen MR) is 84.8 cm³/mol. The number of nitrogens with one attached hydrogen (secondary N) is 1. The predicted octanol–water partition coefficient (Wildman–Crippen LogP) is 2.13. The normalized spacial score (nSPS) is 15.0. The summed E-state index contributed by atoms with van der Waals surface area (Å²) in [5.74, 6) is -0.222. The Labute approximate surface area is 134 Å². The Kier molecular flexibility index (Phi) is 3.90. The molecule has 1 aromatic heterocycles. The van der Waals surface area contributed by atoms with Crippen molar-refractivity contribution in [3.05, 3.63) is 47.7 Å². The van der Waals surface area contributed by atoms with E-state index in [-0.39, 0.29) is 5.91 Å². The van der Waals surface area contributed by atoms with Crippen molar-refractivity contribution in [2.75, 3.05) is 12.4 Å². The number of hydrogen-bond acceptors (Lipinski definition) is 4. The van der Waals surface area contributed by atoms with Gasteiger partial charge in [-0.25, -0.2) is 4.68 Å². The summed E-state index contributed by atoms with van der Waals surface area (Å²) >= 11 is 0. The van der Waals surface area contributed by atoms with Crippen LogP contribution in [0.4, 0.5) is 5.82 Å². The van der Waals surface area contributed by atoms with Crippen molar-refractivity contribution in [1.29, 1.82) is 0 Å². The summed E-state index contributed by atoms with van der Waals surface area (Å²) in [6.07, 6.45) is 2.68. The second-order valence-electron chi connectivity index (χ2n) is 5.89. The van der Waals surface area contributed by atoms with E-state index in [1.54, 1.807) is 16.9 Å². The number of nitrogens with zero attached hydrogens (tertiary/aromatic N) is 2. The average molecular weight is 313 g/mol. The van der Waals surface area contributed by atoms with Gasteiger partial charge >= 0.3 is 5.97 Å². The molecule has 23 heavy (non-hydrogen) atoms. The molecule has 1 aromatic carbocycles. The van der Waals surface area contributed by atoms with Crippen LogP contribution >= 0.6 is 0 Å². The van der Waals surface area contributed by atoms with Gasteiger partial charge in [0.2, 0.25) is 5.91 Å². The summed E-state index contributed by atoms with van der Waals surface area (Å²) in [4.78, 5) is 24.2. The number of benzene rings is 1. The lowest BCUT2D eigenvalue weighted by Gasteiger charge is -2.14. The van der Waals surface area contributed by atoms with Crippen LogP contribution in [-0.4, -0.2) is 28.8 Å². The lowest BCUT2D eigenvalue weighted by atomic mass is 10.1. The van der Waals surface area contributed by atoms with Gasteiger partial charge in [-0.15, -0.1) is 0 Å². The van der Waals surface area contributed by atoms with Crippen molar-refractivity contribution >= 4 is 17.7 Å². The standard InChI is InChI=1S/C17H19N3O3/c1-12-3-5-13(6-4-12)11-20-14(7-10-18-20)19-15(21)17(8-9-17)16(22)23-2/h3-7,10H,8-9,11H2,1-2H3,(H,19,21). The second kappa shape index (κ2) is 5.87. The second-order valence-corrected chi connectivity index (χ2v) is 5.89. The minimum absolute atomic E-state index is 0.324. The van der Waals surface area contributed by atoms with Crippen molar-refractivity contribution in [1.82, 2.24) is 9.78 Å². The fourth-order valence-electron chi connectivity index (χ4n) is 2.51. The highest BCUT2D eigenvalue weighted by Crippen LogP contribution is 2.47. The smallest absolute Gasteiger partial charge is 0.321 e. The lowest BCUT2D eigenvalue weighted by Crippen LogP contribution is -2.33. The average Bonchev–Trinajstić information content (AvgIpc) is 3.26. The number of aromatic nitrogens is 2. The molecular formula is C17H19N3O3. The monoisotopic (exact) mass is 313 g/mol. The van der Waals surface area contributed by atoms with Gasteiger partial charge in [-0.1, -0.05) is 29.8 Å². The molecule has 6 nitrogen and oxygen atoms in total. The first kappa shape index (κ1) is 15.3. The molecule has 1 fully saturated rings. The summed E-state index contributed by atoms with van der Waals surface area (Å²) < 4.78 is 6.44. The Morgan fingerprint density at radius 2 is 1.96 bits per heavy atom. The van der Waals surface area contributed by atoms with Crippen LogP contribution in [0.3, 0.4) is 0 Å². The molecule has 0 unspecified atom stereocenters. The van der Waals surface area contributed by atoms with E-state index in [9.17, 15) is 9.59 Å². The molecule has 3 rings (SSSR count). The highest BCUT2D eigenvalue weighted by atomic mass is 16.5. The van der Waals surface area contributed by atoms with E-state index in [2.05, 4.69) is 10.4 Å². The Balaban J connectivity index is 1.73. The molecular weight excluding hydrogens is 294 g/mol. The molecule has 0 spiro atoms. The molecule has 0 aliphatic heterocycles. The van der Waals surface area contributed by atoms with Gasteiger partial charge in [0, 0.05) is 6.07 Å². The van der Waals surface area contributed by atoms with Crippen LogP contribution in [0.15, 0.2) is 36.5 Å². The van der Waals surface area contributed by atoms with Crippen LogP contribution in [-0.2, 0) is 20.9 Å². The molecule has 1 saturated carbocycles. The van der Waals surface area contributed by atoms with Crippen LogP contribution in [0.25, 0.3) is 0 Å². The summed E-state index contributed by atoms with van der Waals surface area (Å²) in [5.41, 5.74) is 1.26. The van der Waals surface area contributed by atoms with Gasteiger partial charge in [-0.2, -0.15) is 5.10 Å². The fourth-order valence-corrected chi connectivity index (χ4v) is 2.51. The lowest BCUT2D eigenvalue weighted by molar-refractivity contribution is -0.150. The Hall–Kier alpha value is -2.63. The molecule has 0 saturated heterocycles. The molecule has 1 aliphatic rings. The Morgan fingerprint density at radius 1 is 1.26 bits per heavy atom. The zero-order valence-corrected chi connectivity index (χ0v) is 13.2. The Morgan fingerprint density at radius 3 is 2.57 bits per heavy atom. The minimum atomic E-state index is -1.02. The van der Waals surface area contributed by atoms with E-state index >= 15 is 0 Å². The van der Waals surface area contributed by atoms with Crippen LogP contribution < -0.4 is 5.32 Å². The zero-order valence-electron chi connectivity index (χ0n) is 13.2. The van der Waals surface area contributed by atoms with E-state index < -0.39 is 11.4 Å². The third-order valence-electron chi connectivity index (χ3n) is 4.17. The number of methoxy groups -OCH3 is 1. The molecule has 6 heteroatoms. The van der Waals surface area contributed by atoms with Gasteiger partial charge in [0.25, 0.3) is 0 Å². The van der Waals surface area contributed by atoms with Gasteiger partial charge in [0.05, 0.1) is 19.9 Å². The number of aryl methyl sites for hydroxylation is 1. The van der Waals surface area contributed by atoms with Gasteiger partial charge in [0.15, 0.2) is 0 Å². The molecule has 2 aromatic rings. The summed E-state index contributed by atoms with van der Waals surface area (Å²) in [6, 6.07) is 9.85. The van der Waals surface area contributed by atoms with Crippen LogP contribution in [0.1, 0.15) is 24.0 Å². The molecule has 0 atom stereocenters. The fraction of sp³-hybridized carbons (Fsp3) is 0.353. The molecule has 1 amide bonds. The first-order chi connectivity index (χ1) is 11.0. The van der Waals surface area contributed by atoms with Gasteiger partial charge < -0.3 is 10.1 Å². The van der Waals surface area contributed by atoms with E-state index in [0.29, 0.717) is 25.2 Å². The number of carbonyl (C=O) groups is 2. The maximum absolute atomic E-state index is 12.4. The quantitative estimate of drug-likeness (QED) is 0.678. The van der Waals surface area contributed by atoms with E-state index in [0.717, 1.165) is 5.56 Å². The number of rotatable bonds is 5. The van der Waals surface area contributed by atoms with Crippen molar-refractivity contribution in [3.63, 3.8) is 0 Å². The Bertz CT molecular complexity index is 730. The number of ether oxygens (including phenoxy) is 1. The van der Waals surface area contributed by atoms with Crippen LogP contribution in [0, 0.1) is 12.3 Å². The number of carbonyl (C=O) groups excluding carboxylic acids is 2. The van der Waals surface area contributed by atoms with E-state index in [4.69, 9.17) is 4.74 Å². The van der Waals surface area contributed by atoms with Gasteiger partial charge in [0.1, 0.15) is 11.2 Å². The van der Waals surface area contributed by atoms with Gasteiger partial charge in [-0.05, 0) is 25.3 Å². The SMILES string of the molecule is COC(=O)C1(C(=O)Nc2ccnn2Cc2ccc(C)cc2)CC1. The van der Waals surface area contributed by atoms with Gasteiger partial charge in [-0.3, -0.25) is 9.59 Å². The first-order valence-corrected chi connectivity index (χ1v) is 7.52. The molecule has 120 valence electrons. The molecule has 1 N–H and O–H groups in total. The van der Waals surface area contributed by atoms with Crippen molar-refractivity contribution in [3.8, 4) is 0 Å². The maximum Gasteiger partial charge on any atom is 0.321 e. The van der Waals surface area contributed by atoms with E-state index in [1.807, 2.05) is 31.2 Å². The number of amides is 1. The zero-order chi connectivity index (χ0) is 16.4. The highest BCUT2D eigenvalue weighted by Gasteiger charge is 2.58. The largest absolute Gasteiger partial charge is 0.468 e. The molecule has 0 radical (unpaired) electrons. The first-order valence-electron chi connectivity index (χ1n) is 7.52. The maximum atomic E-state index is 12.4. The minimum Gasteiger partial charge on any atom is -0.468 e. The summed E-state index contributed by atoms with van der Waals surface area (Å²) in [5, 5.41) is 7.04. The third kappa shape index (κ3) is 2.97. The van der Waals surface area contributed by atoms with Crippen molar-refractivity contribution < 1.29 is 14.3 Å². The van der Waals surface area contributed by atoms with Crippen molar-refractivity contribution in [2.24, 2.45) is 5.41 Å². The van der Waals surface area contributed by atoms with Crippen LogP contribution in [0.2, 0.25) is 0 Å². The molecule has 1 heterocycles. The van der Waals surface area contributed by atoms with Crippen molar-refractivity contribution in [2.45, 2.75) is 26.3 Å². The molecule has 0 bridgehead atoms. The summed E-state index contributed by atoms with van der Waals surface area (Å²) in [7, 11) is 1.30. The van der Waals surface area contributed by atoms with Crippen LogP contribution in [0.5, 0.6) is 0 Å². The summed E-state index contributed by atoms with van der Waals surface area (Å²) in [6.45, 7) is 2.58. The van der Waals surface area contributed by atoms with E-state index in [1.165, 1.54) is 12.7 Å². The number of anilines is 1. The topological polar surface area (TPSA) is 73.2 Å². The number of esters is 1. The molecule has 1 aliphatic carbocycles. The highest BCUT2D eigenvalue weighted by molar-refractivity contribution is 6.11. The third-order valence-corrected chi connectivity index (χ3v) is 4.17. The number of hydrogen-bond donors (Lipinski definition) is 1.